The van der Waals surface area contributed by atoms with Crippen molar-refractivity contribution in [1.29, 1.82) is 0 Å². The molecule has 0 aliphatic rings. The lowest BCUT2D eigenvalue weighted by molar-refractivity contribution is 0.0677. The molecule has 0 radical (unpaired) electrons. The van der Waals surface area contributed by atoms with Crippen molar-refractivity contribution < 1.29 is 9.59 Å². The second-order valence-corrected chi connectivity index (χ2v) is 7.44. The van der Waals surface area contributed by atoms with Crippen molar-refractivity contribution in [2.45, 2.75) is 19.4 Å². The van der Waals surface area contributed by atoms with Crippen molar-refractivity contribution in [3.8, 4) is 0 Å². The Hall–Kier alpha value is -3.47. The Labute approximate surface area is 177 Å². The van der Waals surface area contributed by atoms with Crippen LogP contribution in [0.3, 0.4) is 0 Å². The number of carbonyl (C=O) groups excluding carboxylic acids is 2. The third-order valence-corrected chi connectivity index (χ3v) is 5.27. The quantitative estimate of drug-likeness (QED) is 0.624. The fourth-order valence-electron chi connectivity index (χ4n) is 3.49. The predicted octanol–water partition coefficient (Wildman–Crippen LogP) is 3.83. The van der Waals surface area contributed by atoms with Crippen molar-refractivity contribution in [2.75, 3.05) is 13.6 Å². The maximum absolute atomic E-state index is 13.1. The topological polar surface area (TPSA) is 62.3 Å². The second-order valence-electron chi connectivity index (χ2n) is 7.44. The van der Waals surface area contributed by atoms with Crippen LogP contribution in [0.4, 0.5) is 0 Å². The fraction of sp³-hybridized carbons (Fsp3) is 0.240. The summed E-state index contributed by atoms with van der Waals surface area (Å²) in [6.07, 6.45) is 2.30. The maximum atomic E-state index is 13.1. The molecule has 2 atom stereocenters. The average Bonchev–Trinajstić information content (AvgIpc) is 2.81. The van der Waals surface area contributed by atoms with E-state index in [9.17, 15) is 9.59 Å². The minimum absolute atomic E-state index is 0.0283. The van der Waals surface area contributed by atoms with Gasteiger partial charge in [0.05, 0.1) is 0 Å². The number of likely N-dealkylation sites (N-methyl/N-ethyl adjacent to an activating group) is 1. The summed E-state index contributed by atoms with van der Waals surface area (Å²) < 4.78 is 0. The van der Waals surface area contributed by atoms with Gasteiger partial charge >= 0.3 is 0 Å². The minimum Gasteiger partial charge on any atom is -0.350 e. The Morgan fingerprint density at radius 2 is 1.57 bits per heavy atom. The molecule has 3 aromatic rings. The van der Waals surface area contributed by atoms with Gasteiger partial charge in [-0.3, -0.25) is 14.6 Å². The molecule has 0 bridgehead atoms. The van der Waals surface area contributed by atoms with Crippen LogP contribution >= 0.6 is 0 Å². The van der Waals surface area contributed by atoms with Crippen LogP contribution in [0.15, 0.2) is 85.1 Å². The van der Waals surface area contributed by atoms with Gasteiger partial charge in [0.1, 0.15) is 5.69 Å². The van der Waals surface area contributed by atoms with Crippen LogP contribution in [0.2, 0.25) is 0 Å². The second kappa shape index (κ2) is 10.3. The van der Waals surface area contributed by atoms with Crippen LogP contribution in [0.25, 0.3) is 0 Å². The molecule has 2 amide bonds. The lowest BCUT2D eigenvalue weighted by Gasteiger charge is -2.33. The Bertz CT molecular complexity index is 946. The molecule has 1 aromatic heterocycles. The van der Waals surface area contributed by atoms with Crippen LogP contribution in [-0.4, -0.2) is 41.3 Å². The first-order valence-electron chi connectivity index (χ1n) is 10.1. The SMILES string of the molecule is C[C@H](CNC(=O)c1ccccn1)[C@H](Cc1ccccc1)N(C)C(=O)c1ccccc1. The number of hydrogen-bond acceptors (Lipinski definition) is 3. The van der Waals surface area contributed by atoms with E-state index in [-0.39, 0.29) is 23.8 Å². The first-order valence-corrected chi connectivity index (χ1v) is 10.1. The Morgan fingerprint density at radius 3 is 2.20 bits per heavy atom. The molecule has 1 heterocycles. The Morgan fingerprint density at radius 1 is 0.933 bits per heavy atom. The molecule has 0 unspecified atom stereocenters. The summed E-state index contributed by atoms with van der Waals surface area (Å²) in [7, 11) is 1.83. The normalized spacial score (nSPS) is 12.6. The molecule has 0 spiro atoms. The molecule has 0 saturated heterocycles. The Kier molecular flexibility index (Phi) is 7.33. The number of hydrogen-bond donors (Lipinski definition) is 1. The summed E-state index contributed by atoms with van der Waals surface area (Å²) in [5.74, 6) is -0.201. The summed E-state index contributed by atoms with van der Waals surface area (Å²) in [6.45, 7) is 2.50. The van der Waals surface area contributed by atoms with E-state index in [1.54, 1.807) is 29.3 Å². The summed E-state index contributed by atoms with van der Waals surface area (Å²) in [5.41, 5.74) is 2.19. The van der Waals surface area contributed by atoms with Crippen LogP contribution in [0.1, 0.15) is 33.3 Å². The van der Waals surface area contributed by atoms with Crippen LogP contribution in [-0.2, 0) is 6.42 Å². The van der Waals surface area contributed by atoms with Crippen molar-refractivity contribution >= 4 is 11.8 Å². The predicted molar refractivity (Wildman–Crippen MR) is 118 cm³/mol. The molecule has 5 heteroatoms. The van der Waals surface area contributed by atoms with Crippen molar-refractivity contribution in [1.82, 2.24) is 15.2 Å². The molecule has 30 heavy (non-hydrogen) atoms. The molecule has 0 fully saturated rings. The highest BCUT2D eigenvalue weighted by Gasteiger charge is 2.27. The summed E-state index contributed by atoms with van der Waals surface area (Å²) in [6, 6.07) is 24.6. The zero-order chi connectivity index (χ0) is 21.3. The van der Waals surface area contributed by atoms with Crippen molar-refractivity contribution in [3.63, 3.8) is 0 Å². The van der Waals surface area contributed by atoms with Crippen molar-refractivity contribution in [3.05, 3.63) is 102 Å². The Balaban J connectivity index is 1.74. The minimum atomic E-state index is -0.210. The van der Waals surface area contributed by atoms with E-state index in [0.717, 1.165) is 5.56 Å². The van der Waals surface area contributed by atoms with Crippen molar-refractivity contribution in [2.24, 2.45) is 5.92 Å². The van der Waals surface area contributed by atoms with Gasteiger partial charge in [-0.25, -0.2) is 0 Å². The first-order chi connectivity index (χ1) is 14.6. The van der Waals surface area contributed by atoms with E-state index in [1.165, 1.54) is 0 Å². The van der Waals surface area contributed by atoms with Crippen LogP contribution in [0.5, 0.6) is 0 Å². The van der Waals surface area contributed by atoms with Gasteiger partial charge in [0.2, 0.25) is 0 Å². The molecule has 1 N–H and O–H groups in total. The molecule has 0 aliphatic carbocycles. The summed E-state index contributed by atoms with van der Waals surface area (Å²) in [5, 5.41) is 2.96. The van der Waals surface area contributed by atoms with Gasteiger partial charge in [-0.05, 0) is 42.2 Å². The molecular formula is C25H27N3O2. The van der Waals surface area contributed by atoms with Gasteiger partial charge in [-0.15, -0.1) is 0 Å². The highest BCUT2D eigenvalue weighted by Crippen LogP contribution is 2.18. The zero-order valence-corrected chi connectivity index (χ0v) is 17.4. The third-order valence-electron chi connectivity index (χ3n) is 5.27. The van der Waals surface area contributed by atoms with Crippen LogP contribution < -0.4 is 5.32 Å². The maximum Gasteiger partial charge on any atom is 0.269 e. The molecular weight excluding hydrogens is 374 g/mol. The lowest BCUT2D eigenvalue weighted by atomic mass is 9.93. The molecule has 154 valence electrons. The lowest BCUT2D eigenvalue weighted by Crippen LogP contribution is -2.46. The molecule has 2 aromatic carbocycles. The first kappa shape index (κ1) is 21.2. The number of pyridine rings is 1. The molecule has 5 nitrogen and oxygen atoms in total. The van der Waals surface area contributed by atoms with Gasteiger partial charge < -0.3 is 10.2 Å². The monoisotopic (exact) mass is 401 g/mol. The molecule has 0 saturated carbocycles. The van der Waals surface area contributed by atoms with Crippen LogP contribution in [0, 0.1) is 5.92 Å². The summed E-state index contributed by atoms with van der Waals surface area (Å²) >= 11 is 0. The molecule has 0 aliphatic heterocycles. The number of rotatable bonds is 8. The van der Waals surface area contributed by atoms with Gasteiger partial charge in [0.15, 0.2) is 0 Å². The molecule has 3 rings (SSSR count). The highest BCUT2D eigenvalue weighted by atomic mass is 16.2. The largest absolute Gasteiger partial charge is 0.350 e. The van der Waals surface area contributed by atoms with E-state index >= 15 is 0 Å². The van der Waals surface area contributed by atoms with E-state index in [1.807, 2.05) is 55.6 Å². The zero-order valence-electron chi connectivity index (χ0n) is 17.4. The van der Waals surface area contributed by atoms with Gasteiger partial charge in [-0.1, -0.05) is 61.5 Å². The standard InChI is InChI=1S/C25H27N3O2/c1-19(18-27-24(29)22-15-9-10-16-26-22)23(17-20-11-5-3-6-12-20)28(2)25(30)21-13-7-4-8-14-21/h3-16,19,23H,17-18H2,1-2H3,(H,27,29)/t19-,23+/m1/s1. The number of amides is 2. The number of nitrogens with zero attached hydrogens (tertiary/aromatic N) is 2. The number of carbonyl (C=O) groups is 2. The highest BCUT2D eigenvalue weighted by molar-refractivity contribution is 5.94. The van der Waals surface area contributed by atoms with Gasteiger partial charge in [0, 0.05) is 31.4 Å². The number of nitrogens with one attached hydrogen (secondary N) is 1. The van der Waals surface area contributed by atoms with Gasteiger partial charge in [0.25, 0.3) is 11.8 Å². The van der Waals surface area contributed by atoms with Gasteiger partial charge in [-0.2, -0.15) is 0 Å². The third kappa shape index (κ3) is 5.54. The summed E-state index contributed by atoms with van der Waals surface area (Å²) in [4.78, 5) is 31.4. The number of aromatic nitrogens is 1. The smallest absolute Gasteiger partial charge is 0.269 e. The van der Waals surface area contributed by atoms with E-state index < -0.39 is 0 Å². The number of benzene rings is 2. The average molecular weight is 402 g/mol. The van der Waals surface area contributed by atoms with E-state index in [4.69, 9.17) is 0 Å². The fourth-order valence-corrected chi connectivity index (χ4v) is 3.49. The van der Waals surface area contributed by atoms with E-state index in [2.05, 4.69) is 29.4 Å². The van der Waals surface area contributed by atoms with E-state index in [0.29, 0.717) is 24.2 Å².